The Morgan fingerprint density at radius 2 is 1.71 bits per heavy atom. The monoisotopic (exact) mass is 538 g/mol. The average Bonchev–Trinajstić information content (AvgIpc) is 3.53. The zero-order valence-corrected chi connectivity index (χ0v) is 19.4. The van der Waals surface area contributed by atoms with Crippen LogP contribution in [0, 0.1) is 11.6 Å². The van der Waals surface area contributed by atoms with E-state index in [-0.39, 0.29) is 30.2 Å². The molecule has 2 aromatic heterocycles. The second kappa shape index (κ2) is 11.0. The predicted molar refractivity (Wildman–Crippen MR) is 122 cm³/mol. The molecule has 0 spiro atoms. The summed E-state index contributed by atoms with van der Waals surface area (Å²) in [6, 6.07) is 8.54. The van der Waals surface area contributed by atoms with E-state index in [1.165, 1.54) is 58.7 Å². The Hall–Kier alpha value is -4.20. The summed E-state index contributed by atoms with van der Waals surface area (Å²) in [7, 11) is 0. The number of hydrogen-bond acceptors (Lipinski definition) is 6. The van der Waals surface area contributed by atoms with Crippen molar-refractivity contribution in [2.75, 3.05) is 6.61 Å². The van der Waals surface area contributed by atoms with Crippen LogP contribution in [0.1, 0.15) is 17.0 Å². The van der Waals surface area contributed by atoms with Crippen LogP contribution in [0.25, 0.3) is 12.2 Å². The molecular weight excluding hydrogens is 518 g/mol. The fraction of sp³-hybridized carbons (Fsp3) is 0.250. The average molecular weight is 538 g/mol. The molecule has 0 aliphatic rings. The molecule has 4 rings (SSSR count). The maximum Gasteiger partial charge on any atom is 0.340 e. The molecule has 2 aromatic carbocycles. The van der Waals surface area contributed by atoms with Crippen LogP contribution in [0.4, 0.5) is 26.3 Å². The Labute approximate surface area is 211 Å². The number of alkyl halides is 4. The van der Waals surface area contributed by atoms with Gasteiger partial charge in [0, 0.05) is 11.6 Å². The number of aromatic nitrogens is 6. The van der Waals surface area contributed by atoms with Gasteiger partial charge in [-0.3, -0.25) is 0 Å². The van der Waals surface area contributed by atoms with Gasteiger partial charge in [0.1, 0.15) is 42.0 Å². The van der Waals surface area contributed by atoms with Gasteiger partial charge < -0.3 is 9.84 Å². The highest BCUT2D eigenvalue weighted by Crippen LogP contribution is 2.28. The molecule has 0 aliphatic carbocycles. The molecule has 0 fully saturated rings. The van der Waals surface area contributed by atoms with Crippen molar-refractivity contribution in [3.63, 3.8) is 0 Å². The van der Waals surface area contributed by atoms with Crippen LogP contribution >= 0.6 is 0 Å². The van der Waals surface area contributed by atoms with Crippen molar-refractivity contribution in [3.8, 4) is 5.75 Å². The molecule has 1 unspecified atom stereocenters. The Morgan fingerprint density at radius 3 is 2.37 bits per heavy atom. The number of hydrogen-bond donors (Lipinski definition) is 1. The van der Waals surface area contributed by atoms with Crippen molar-refractivity contribution in [2.24, 2.45) is 0 Å². The largest absolute Gasteiger partial charge is 0.487 e. The first-order valence-electron chi connectivity index (χ1n) is 11.0. The van der Waals surface area contributed by atoms with Gasteiger partial charge in [0.2, 0.25) is 0 Å². The second-order valence-corrected chi connectivity index (χ2v) is 8.30. The molecular formula is C24H20F6N6O2. The normalized spacial score (nSPS) is 13.8. The number of ether oxygens (including phenoxy) is 1. The Kier molecular flexibility index (Phi) is 7.80. The van der Waals surface area contributed by atoms with Gasteiger partial charge in [-0.05, 0) is 29.8 Å². The lowest BCUT2D eigenvalue weighted by Gasteiger charge is -2.28. The van der Waals surface area contributed by atoms with E-state index in [9.17, 15) is 31.4 Å². The van der Waals surface area contributed by atoms with E-state index < -0.39 is 36.2 Å². The zero-order valence-electron chi connectivity index (χ0n) is 19.4. The van der Waals surface area contributed by atoms with Crippen molar-refractivity contribution < 1.29 is 36.2 Å². The third-order valence-corrected chi connectivity index (χ3v) is 5.36. The molecule has 2 heterocycles. The lowest BCUT2D eigenvalue weighted by Crippen LogP contribution is -2.37. The molecule has 0 saturated heterocycles. The van der Waals surface area contributed by atoms with Gasteiger partial charge >= 0.3 is 12.3 Å². The van der Waals surface area contributed by atoms with Gasteiger partial charge in [-0.15, -0.1) is 0 Å². The number of aliphatic hydroxyl groups is 1. The summed E-state index contributed by atoms with van der Waals surface area (Å²) in [6.07, 6.45) is 3.18. The van der Waals surface area contributed by atoms with Gasteiger partial charge in [0.05, 0.1) is 13.1 Å². The third-order valence-electron chi connectivity index (χ3n) is 5.36. The molecule has 8 nitrogen and oxygen atoms in total. The first-order chi connectivity index (χ1) is 18.0. The molecule has 200 valence electrons. The molecule has 1 N–H and O–H groups in total. The van der Waals surface area contributed by atoms with E-state index in [1.807, 2.05) is 0 Å². The molecule has 0 saturated carbocycles. The van der Waals surface area contributed by atoms with Crippen molar-refractivity contribution in [3.05, 3.63) is 90.0 Å². The van der Waals surface area contributed by atoms with E-state index in [0.717, 1.165) is 12.1 Å². The summed E-state index contributed by atoms with van der Waals surface area (Å²) in [5.41, 5.74) is -1.46. The van der Waals surface area contributed by atoms with E-state index in [2.05, 4.69) is 20.2 Å². The highest BCUT2D eigenvalue weighted by atomic mass is 19.3. The topological polar surface area (TPSA) is 90.9 Å². The van der Waals surface area contributed by atoms with Crippen LogP contribution in [0.2, 0.25) is 0 Å². The summed E-state index contributed by atoms with van der Waals surface area (Å²) in [5, 5.41) is 19.6. The molecule has 4 aromatic rings. The highest BCUT2D eigenvalue weighted by molar-refractivity contribution is 5.66. The SMILES string of the molecule is OC(Cn1cncn1)(Cn1cnc(/C=C/c2ccc(OCC(F)(F)C(F)F)cc2)n1)c1ccc(F)cc1F. The highest BCUT2D eigenvalue weighted by Gasteiger charge is 2.41. The lowest BCUT2D eigenvalue weighted by molar-refractivity contribution is -0.148. The fourth-order valence-corrected chi connectivity index (χ4v) is 3.49. The standard InChI is InChI=1S/C24H20F6N6O2/c25-17-4-7-19(20(26)9-17)23(37,10-35-14-31-13-33-35)11-36-15-32-21(34-36)8-3-16-1-5-18(6-2-16)38-12-24(29,30)22(27)28/h1-9,13-15,22,37H,10-12H2/b8-3+. The van der Waals surface area contributed by atoms with Crippen molar-refractivity contribution >= 4 is 12.2 Å². The maximum atomic E-state index is 14.6. The summed E-state index contributed by atoms with van der Waals surface area (Å²) in [6.45, 7) is -1.92. The minimum absolute atomic E-state index is 0.00966. The van der Waals surface area contributed by atoms with Crippen LogP contribution in [0.5, 0.6) is 5.75 Å². The van der Waals surface area contributed by atoms with E-state index >= 15 is 0 Å². The van der Waals surface area contributed by atoms with Gasteiger partial charge in [-0.1, -0.05) is 24.3 Å². The first-order valence-corrected chi connectivity index (χ1v) is 11.0. The van der Waals surface area contributed by atoms with Gasteiger partial charge in [-0.2, -0.15) is 19.0 Å². The van der Waals surface area contributed by atoms with Crippen molar-refractivity contribution in [1.82, 2.24) is 29.5 Å². The smallest absolute Gasteiger partial charge is 0.340 e. The molecule has 0 aliphatic heterocycles. The van der Waals surface area contributed by atoms with Crippen LogP contribution in [-0.4, -0.2) is 53.6 Å². The third kappa shape index (κ3) is 6.56. The Morgan fingerprint density at radius 1 is 0.974 bits per heavy atom. The fourth-order valence-electron chi connectivity index (χ4n) is 3.49. The summed E-state index contributed by atoms with van der Waals surface area (Å²) in [5.74, 6) is -5.78. The molecule has 14 heteroatoms. The van der Waals surface area contributed by atoms with E-state index in [4.69, 9.17) is 4.74 Å². The van der Waals surface area contributed by atoms with Crippen molar-refractivity contribution in [2.45, 2.75) is 31.0 Å². The molecule has 0 amide bonds. The van der Waals surface area contributed by atoms with E-state index in [0.29, 0.717) is 11.6 Å². The second-order valence-electron chi connectivity index (χ2n) is 8.30. The van der Waals surface area contributed by atoms with Gasteiger partial charge in [0.15, 0.2) is 12.4 Å². The molecule has 0 radical (unpaired) electrons. The van der Waals surface area contributed by atoms with Crippen molar-refractivity contribution in [1.29, 1.82) is 0 Å². The quantitative estimate of drug-likeness (QED) is 0.288. The summed E-state index contributed by atoms with van der Waals surface area (Å²) in [4.78, 5) is 7.93. The summed E-state index contributed by atoms with van der Waals surface area (Å²) >= 11 is 0. The minimum atomic E-state index is -4.26. The number of halogens is 6. The predicted octanol–water partition coefficient (Wildman–Crippen LogP) is 4.19. The van der Waals surface area contributed by atoms with Gasteiger partial charge in [0.25, 0.3) is 0 Å². The molecule has 38 heavy (non-hydrogen) atoms. The van der Waals surface area contributed by atoms with Gasteiger partial charge in [-0.25, -0.2) is 36.9 Å². The zero-order chi connectivity index (χ0) is 27.3. The Balaban J connectivity index is 1.45. The number of benzene rings is 2. The van der Waals surface area contributed by atoms with Crippen LogP contribution in [-0.2, 0) is 18.7 Å². The van der Waals surface area contributed by atoms with Crippen LogP contribution in [0.15, 0.2) is 61.4 Å². The summed E-state index contributed by atoms with van der Waals surface area (Å²) < 4.78 is 85.8. The van der Waals surface area contributed by atoms with E-state index in [1.54, 1.807) is 6.08 Å². The minimum Gasteiger partial charge on any atom is -0.487 e. The number of nitrogens with zero attached hydrogens (tertiary/aromatic N) is 6. The lowest BCUT2D eigenvalue weighted by atomic mass is 9.93. The maximum absolute atomic E-state index is 14.6. The molecule has 0 bridgehead atoms. The van der Waals surface area contributed by atoms with Crippen LogP contribution in [0.3, 0.4) is 0 Å². The first kappa shape index (κ1) is 26.9. The number of rotatable bonds is 11. The van der Waals surface area contributed by atoms with Crippen LogP contribution < -0.4 is 4.74 Å². The molecule has 1 atom stereocenters. The Bertz CT molecular complexity index is 1380.